The van der Waals surface area contributed by atoms with E-state index in [-0.39, 0.29) is 37.5 Å². The second-order valence-corrected chi connectivity index (χ2v) is 8.22. The molecule has 0 aliphatic heterocycles. The van der Waals surface area contributed by atoms with Crippen LogP contribution < -0.4 is 11.1 Å². The fourth-order valence-corrected chi connectivity index (χ4v) is 4.76. The van der Waals surface area contributed by atoms with Crippen LogP contribution >= 0.6 is 59.1 Å². The summed E-state index contributed by atoms with van der Waals surface area (Å²) in [5.74, 6) is 0. The molecule has 0 fully saturated rings. The summed E-state index contributed by atoms with van der Waals surface area (Å²) in [5.41, 5.74) is 8.98. The van der Waals surface area contributed by atoms with Crippen LogP contribution in [0.3, 0.4) is 0 Å². The Bertz CT molecular complexity index is 824. The van der Waals surface area contributed by atoms with Gasteiger partial charge in [-0.3, -0.25) is 4.39 Å². The zero-order valence-electron chi connectivity index (χ0n) is 14.1. The molecular weight excluding hydrogens is 436 g/mol. The summed E-state index contributed by atoms with van der Waals surface area (Å²) in [4.78, 5) is 6.89. The molecule has 3 aromatic heterocycles. The van der Waals surface area contributed by atoms with Crippen LogP contribution in [0.15, 0.2) is 23.6 Å². The Morgan fingerprint density at radius 3 is 2.81 bits per heavy atom. The van der Waals surface area contributed by atoms with Crippen LogP contribution in [-0.4, -0.2) is 17.7 Å². The van der Waals surface area contributed by atoms with Gasteiger partial charge < -0.3 is 11.1 Å². The first-order valence-corrected chi connectivity index (χ1v) is 9.82. The Morgan fingerprint density at radius 1 is 1.38 bits per heavy atom. The number of nitrogens with zero attached hydrogens (tertiary/aromatic N) is 1. The van der Waals surface area contributed by atoms with Crippen molar-refractivity contribution in [2.45, 2.75) is 32.4 Å². The fourth-order valence-electron chi connectivity index (χ4n) is 2.59. The van der Waals surface area contributed by atoms with Gasteiger partial charge in [-0.2, -0.15) is 0 Å². The largest absolute Gasteiger partial charge is 0.379 e. The number of anilines is 1. The molecule has 144 valence electrons. The Labute approximate surface area is 178 Å². The maximum atomic E-state index is 12.5. The van der Waals surface area contributed by atoms with E-state index in [1.807, 2.05) is 19.1 Å². The fraction of sp³-hybridized carbons (Fsp3) is 0.353. The molecule has 0 aliphatic carbocycles. The molecule has 3 nitrogen and oxygen atoms in total. The number of pyridine rings is 1. The highest BCUT2D eigenvalue weighted by Gasteiger charge is 2.16. The van der Waals surface area contributed by atoms with Crippen LogP contribution in [0.25, 0.3) is 10.2 Å². The molecule has 3 N–H and O–H groups in total. The van der Waals surface area contributed by atoms with Crippen molar-refractivity contribution in [1.82, 2.24) is 4.98 Å². The zero-order valence-corrected chi connectivity index (χ0v) is 18.2. The van der Waals surface area contributed by atoms with Gasteiger partial charge >= 0.3 is 0 Å². The Hall–Kier alpha value is -0.630. The highest BCUT2D eigenvalue weighted by atomic mass is 35.5. The predicted octanol–water partition coefficient (Wildman–Crippen LogP) is 6.00. The van der Waals surface area contributed by atoms with Crippen molar-refractivity contribution >= 4 is 75.0 Å². The summed E-state index contributed by atoms with van der Waals surface area (Å²) in [6.45, 7) is 2.40. The first-order chi connectivity index (χ1) is 11.6. The van der Waals surface area contributed by atoms with E-state index in [2.05, 4.69) is 21.7 Å². The lowest BCUT2D eigenvalue weighted by molar-refractivity contribution is 0.436. The number of hydrogen-bond donors (Lipinski definition) is 2. The molecule has 26 heavy (non-hydrogen) atoms. The number of nitrogens with one attached hydrogen (secondary N) is 1. The van der Waals surface area contributed by atoms with Gasteiger partial charge in [-0.1, -0.05) is 17.7 Å². The lowest BCUT2D eigenvalue weighted by Crippen LogP contribution is -2.23. The minimum Gasteiger partial charge on any atom is -0.379 e. The first-order valence-electron chi connectivity index (χ1n) is 7.74. The van der Waals surface area contributed by atoms with Crippen molar-refractivity contribution in [2.24, 2.45) is 5.73 Å². The minimum absolute atomic E-state index is 0. The van der Waals surface area contributed by atoms with E-state index in [4.69, 9.17) is 17.3 Å². The molecule has 3 aromatic rings. The van der Waals surface area contributed by atoms with E-state index in [1.165, 1.54) is 4.88 Å². The van der Waals surface area contributed by atoms with Crippen molar-refractivity contribution in [2.75, 3.05) is 12.0 Å². The third-order valence-electron chi connectivity index (χ3n) is 3.90. The van der Waals surface area contributed by atoms with Gasteiger partial charge in [0.05, 0.1) is 22.6 Å². The van der Waals surface area contributed by atoms with Gasteiger partial charge in [-0.15, -0.1) is 47.5 Å². The number of halogens is 4. The molecule has 0 saturated carbocycles. The molecule has 0 aliphatic rings. The van der Waals surface area contributed by atoms with Crippen LogP contribution in [0, 0.1) is 6.92 Å². The molecule has 3 heterocycles. The molecule has 0 spiro atoms. The van der Waals surface area contributed by atoms with Crippen LogP contribution in [0.4, 0.5) is 10.1 Å². The normalized spacial score (nSPS) is 11.7. The minimum atomic E-state index is -0.386. The van der Waals surface area contributed by atoms with Crippen LogP contribution in [0.2, 0.25) is 5.15 Å². The molecule has 0 bridgehead atoms. The quantitative estimate of drug-likeness (QED) is 0.428. The summed E-state index contributed by atoms with van der Waals surface area (Å²) >= 11 is 9.59. The smallest absolute Gasteiger partial charge is 0.131 e. The molecule has 0 radical (unpaired) electrons. The molecule has 0 saturated heterocycles. The molecule has 0 amide bonds. The Kier molecular flexibility index (Phi) is 9.58. The average Bonchev–Trinajstić information content (AvgIpc) is 3.15. The van der Waals surface area contributed by atoms with E-state index in [0.29, 0.717) is 18.0 Å². The van der Waals surface area contributed by atoms with Crippen molar-refractivity contribution in [3.8, 4) is 0 Å². The average molecular weight is 457 g/mol. The van der Waals surface area contributed by atoms with Crippen molar-refractivity contribution in [3.05, 3.63) is 44.1 Å². The second kappa shape index (κ2) is 10.6. The van der Waals surface area contributed by atoms with Crippen molar-refractivity contribution in [3.63, 3.8) is 0 Å². The molecule has 1 atom stereocenters. The summed E-state index contributed by atoms with van der Waals surface area (Å²) in [6.07, 6.45) is 1.05. The lowest BCUT2D eigenvalue weighted by Gasteiger charge is -2.07. The summed E-state index contributed by atoms with van der Waals surface area (Å²) in [7, 11) is 0. The molecule has 9 heteroatoms. The monoisotopic (exact) mass is 455 g/mol. The van der Waals surface area contributed by atoms with Gasteiger partial charge in [0.1, 0.15) is 5.15 Å². The molecule has 3 rings (SSSR count). The van der Waals surface area contributed by atoms with Crippen LogP contribution in [-0.2, 0) is 13.0 Å². The van der Waals surface area contributed by atoms with E-state index in [1.54, 1.807) is 22.7 Å². The maximum absolute atomic E-state index is 12.5. The topological polar surface area (TPSA) is 50.9 Å². The van der Waals surface area contributed by atoms with Crippen molar-refractivity contribution in [1.29, 1.82) is 0 Å². The van der Waals surface area contributed by atoms with E-state index < -0.39 is 0 Å². The number of aromatic nitrogens is 1. The SMILES string of the molecule is Cc1c(C[C@@H](N)CCF)sc2c(NCc3cccs3)cc(Cl)nc12.Cl.Cl. The Balaban J connectivity index is 0.00000169. The number of rotatable bonds is 7. The van der Waals surface area contributed by atoms with E-state index >= 15 is 0 Å². The highest BCUT2D eigenvalue weighted by Crippen LogP contribution is 2.37. The summed E-state index contributed by atoms with van der Waals surface area (Å²) in [6, 6.07) is 5.83. The molecule has 0 unspecified atom stereocenters. The number of fused-ring (bicyclic) bond motifs is 1. The van der Waals surface area contributed by atoms with Gasteiger partial charge in [0.15, 0.2) is 0 Å². The molecule has 0 aromatic carbocycles. The summed E-state index contributed by atoms with van der Waals surface area (Å²) in [5, 5.41) is 5.99. The number of thiophene rings is 2. The maximum Gasteiger partial charge on any atom is 0.131 e. The van der Waals surface area contributed by atoms with E-state index in [0.717, 1.165) is 32.9 Å². The number of aryl methyl sites for hydroxylation is 1. The third-order valence-corrected chi connectivity index (χ3v) is 6.31. The van der Waals surface area contributed by atoms with Gasteiger partial charge in [0.2, 0.25) is 0 Å². The lowest BCUT2D eigenvalue weighted by atomic mass is 10.1. The zero-order chi connectivity index (χ0) is 17.1. The second-order valence-electron chi connectivity index (χ2n) is 5.70. The van der Waals surface area contributed by atoms with Gasteiger partial charge in [-0.05, 0) is 36.8 Å². The van der Waals surface area contributed by atoms with Crippen molar-refractivity contribution < 1.29 is 4.39 Å². The van der Waals surface area contributed by atoms with Gasteiger partial charge in [0.25, 0.3) is 0 Å². The standard InChI is InChI=1S/C17H19ClFN3S2.2ClH/c1-10-14(7-11(20)4-5-19)24-17-13(8-15(18)22-16(10)17)21-9-12-3-2-6-23-12;;/h2-3,6,8,11H,4-5,7,9,20H2,1H3,(H,21,22);2*1H/t11-;;/m0../s1. The highest BCUT2D eigenvalue weighted by molar-refractivity contribution is 7.19. The predicted molar refractivity (Wildman–Crippen MR) is 118 cm³/mol. The first kappa shape index (κ1) is 23.4. The van der Waals surface area contributed by atoms with Crippen LogP contribution in [0.1, 0.15) is 21.7 Å². The number of nitrogens with two attached hydrogens (primary N) is 1. The van der Waals surface area contributed by atoms with E-state index in [9.17, 15) is 4.39 Å². The molecular formula is C17H21Cl3FN3S2. The van der Waals surface area contributed by atoms with Gasteiger partial charge in [-0.25, -0.2) is 4.98 Å². The Morgan fingerprint density at radius 2 is 2.15 bits per heavy atom. The number of hydrogen-bond acceptors (Lipinski definition) is 5. The summed E-state index contributed by atoms with van der Waals surface area (Å²) < 4.78 is 13.6. The van der Waals surface area contributed by atoms with Gasteiger partial charge in [0, 0.05) is 28.4 Å². The van der Waals surface area contributed by atoms with Crippen LogP contribution in [0.5, 0.6) is 0 Å². The number of alkyl halides is 1. The third kappa shape index (κ3) is 5.44.